The number of esters is 2. The maximum absolute atomic E-state index is 15.0. The monoisotopic (exact) mass is 928 g/mol. The summed E-state index contributed by atoms with van der Waals surface area (Å²) in [6, 6.07) is -0.251. The molecule has 0 aromatic carbocycles. The number of oxime groups is 1. The third kappa shape index (κ3) is 12.2. The van der Waals surface area contributed by atoms with Gasteiger partial charge in [0.05, 0.1) is 53.3 Å². The van der Waals surface area contributed by atoms with Crippen LogP contribution in [0.15, 0.2) is 5.16 Å². The first kappa shape index (κ1) is 55.0. The molecular formula is C48H85N3O14. The van der Waals surface area contributed by atoms with E-state index in [0.717, 1.165) is 26.1 Å². The molecule has 0 radical (unpaired) electrons. The summed E-state index contributed by atoms with van der Waals surface area (Å²) < 4.78 is 64.7. The van der Waals surface area contributed by atoms with Crippen LogP contribution in [-0.2, 0) is 57.0 Å². The Hall–Kier alpha value is -2.64. The summed E-state index contributed by atoms with van der Waals surface area (Å²) in [6.45, 7) is 28.0. The minimum atomic E-state index is -1.43. The van der Waals surface area contributed by atoms with Crippen molar-refractivity contribution >= 4 is 23.8 Å². The van der Waals surface area contributed by atoms with Gasteiger partial charge in [0, 0.05) is 58.5 Å². The van der Waals surface area contributed by atoms with Gasteiger partial charge in [-0.05, 0) is 93.4 Å². The van der Waals surface area contributed by atoms with Crippen molar-refractivity contribution in [3.8, 4) is 0 Å². The van der Waals surface area contributed by atoms with Crippen molar-refractivity contribution < 1.29 is 67.0 Å². The van der Waals surface area contributed by atoms with E-state index < -0.39 is 114 Å². The zero-order chi connectivity index (χ0) is 48.8. The second kappa shape index (κ2) is 23.1. The summed E-state index contributed by atoms with van der Waals surface area (Å²) in [4.78, 5) is 45.1. The van der Waals surface area contributed by atoms with Crippen LogP contribution < -0.4 is 0 Å². The number of carbonyl (C=O) groups is 3. The van der Waals surface area contributed by atoms with Crippen molar-refractivity contribution in [3.63, 3.8) is 0 Å². The molecule has 0 aliphatic carbocycles. The highest BCUT2D eigenvalue weighted by atomic mass is 16.8. The van der Waals surface area contributed by atoms with E-state index in [9.17, 15) is 19.6 Å². The van der Waals surface area contributed by atoms with Crippen LogP contribution in [0.3, 0.4) is 0 Å². The molecule has 0 aromatic rings. The summed E-state index contributed by atoms with van der Waals surface area (Å²) in [6.07, 6.45) is -5.04. The van der Waals surface area contributed by atoms with E-state index in [1.807, 2.05) is 74.4 Å². The van der Waals surface area contributed by atoms with E-state index in [1.54, 1.807) is 28.1 Å². The fourth-order valence-electron chi connectivity index (χ4n) is 11.6. The molecule has 4 aliphatic rings. The Bertz CT molecular complexity index is 1600. The predicted octanol–water partition coefficient (Wildman–Crippen LogP) is 6.48. The summed E-state index contributed by atoms with van der Waals surface area (Å²) in [5, 5.41) is 14.6. The van der Waals surface area contributed by atoms with E-state index >= 15 is 0 Å². The summed E-state index contributed by atoms with van der Waals surface area (Å²) in [5.74, 6) is -4.23. The molecule has 65 heavy (non-hydrogen) atoms. The Morgan fingerprint density at radius 3 is 2.08 bits per heavy atom. The van der Waals surface area contributed by atoms with Crippen LogP contribution in [0.4, 0.5) is 4.79 Å². The zero-order valence-corrected chi connectivity index (χ0v) is 42.6. The van der Waals surface area contributed by atoms with Crippen molar-refractivity contribution in [1.29, 1.82) is 0 Å². The molecule has 1 N–H and O–H groups in total. The first-order chi connectivity index (χ1) is 30.5. The molecule has 1 unspecified atom stereocenters. The number of ether oxygens (including phenoxy) is 10. The van der Waals surface area contributed by atoms with Crippen molar-refractivity contribution in [2.24, 2.45) is 34.7 Å². The van der Waals surface area contributed by atoms with Crippen LogP contribution in [0.1, 0.15) is 122 Å². The largest absolute Gasteiger partial charge is 0.509 e. The molecule has 4 rings (SSSR count). The number of nitrogens with zero attached hydrogens (tertiary/aromatic N) is 3. The quantitative estimate of drug-likeness (QED) is 0.0619. The lowest BCUT2D eigenvalue weighted by molar-refractivity contribution is -0.306. The van der Waals surface area contributed by atoms with Crippen LogP contribution in [0, 0.1) is 29.6 Å². The standard InChI is InChI=1S/C48H85N3O14/c1-18-36-48(13)41(64-45(54)65-48)31(8)38(49-55)27(4)25-46(11,56-16)40(63-44-39(61-33(10)52)34(50(14)15)24-28(5)59-44)29(6)37(30(7)43(53)62-36)35-26-47(12,57-17)42(32(9)60-35)58-23-21-22-51(19-2)20-3/h27-32,34-37,39-42,44,55H,18-26H2,1-17H3/b49-38+/t27-,28-,29+,30-,31+,32+,34+,35?,36-,37+,39-,40-,41-,42+,44+,46-,47-,48-/m1/s1. The highest BCUT2D eigenvalue weighted by molar-refractivity contribution is 5.89. The fraction of sp³-hybridized carbons (Fsp3) is 0.917. The number of hydrogen-bond acceptors (Lipinski definition) is 17. The third-order valence-electron chi connectivity index (χ3n) is 15.3. The first-order valence-corrected chi connectivity index (χ1v) is 24.0. The predicted molar refractivity (Wildman–Crippen MR) is 243 cm³/mol. The molecule has 0 amide bonds. The SMILES string of the molecule is CC[C@H]1OC(=O)[C@H](C)[C@@H](C2C[C@@](C)(OC)[C@@H](OCCCN(CC)CC)[C@H](C)O2)[C@H](C)[C@@H](O[C@@H]2O[C@H](C)C[C@H](N(C)C)[C@H]2OC(C)=O)[C@](C)(OC)C[C@@H](C)/C(=N\O)[C@H](C)[C@H]2OC(=O)O[C@@]21C. The Morgan fingerprint density at radius 1 is 0.892 bits per heavy atom. The minimum absolute atomic E-state index is 0.238. The van der Waals surface area contributed by atoms with Gasteiger partial charge in [-0.3, -0.25) is 9.59 Å². The van der Waals surface area contributed by atoms with Crippen LogP contribution >= 0.6 is 0 Å². The van der Waals surface area contributed by atoms with Gasteiger partial charge in [-0.1, -0.05) is 53.6 Å². The molecule has 0 bridgehead atoms. The number of carbonyl (C=O) groups excluding carboxylic acids is 3. The lowest BCUT2D eigenvalue weighted by Crippen LogP contribution is -2.63. The molecule has 376 valence electrons. The van der Waals surface area contributed by atoms with Crippen molar-refractivity contribution in [2.75, 3.05) is 54.6 Å². The van der Waals surface area contributed by atoms with Gasteiger partial charge in [0.15, 0.2) is 24.1 Å². The molecule has 17 nitrogen and oxygen atoms in total. The zero-order valence-electron chi connectivity index (χ0n) is 42.6. The molecule has 4 aliphatic heterocycles. The maximum Gasteiger partial charge on any atom is 0.509 e. The van der Waals surface area contributed by atoms with Crippen LogP contribution in [0.25, 0.3) is 0 Å². The number of hydrogen-bond donors (Lipinski definition) is 1. The molecule has 4 saturated heterocycles. The molecule has 18 atom stereocenters. The number of cyclic esters (lactones) is 1. The lowest BCUT2D eigenvalue weighted by Gasteiger charge is -2.53. The second-order valence-electron chi connectivity index (χ2n) is 20.1. The van der Waals surface area contributed by atoms with E-state index in [-0.39, 0.29) is 25.0 Å². The molecule has 17 heteroatoms. The third-order valence-corrected chi connectivity index (χ3v) is 15.3. The first-order valence-electron chi connectivity index (χ1n) is 24.0. The molecule has 0 spiro atoms. The molecule has 0 aromatic heterocycles. The van der Waals surface area contributed by atoms with Gasteiger partial charge in [0.25, 0.3) is 0 Å². The number of fused-ring (bicyclic) bond motifs is 1. The van der Waals surface area contributed by atoms with Gasteiger partial charge < -0.3 is 62.4 Å². The van der Waals surface area contributed by atoms with Crippen LogP contribution in [0.5, 0.6) is 0 Å². The molecule has 0 saturated carbocycles. The van der Waals surface area contributed by atoms with Gasteiger partial charge in [-0.2, -0.15) is 0 Å². The average Bonchev–Trinajstić information content (AvgIpc) is 3.56. The normalized spacial score (nSPS) is 42.8. The van der Waals surface area contributed by atoms with Crippen LogP contribution in [0.2, 0.25) is 0 Å². The Labute approximate surface area is 389 Å². The molecular weight excluding hydrogens is 843 g/mol. The van der Waals surface area contributed by atoms with Crippen molar-refractivity contribution in [2.45, 2.75) is 200 Å². The van der Waals surface area contributed by atoms with E-state index in [1.165, 1.54) is 6.92 Å². The summed E-state index contributed by atoms with van der Waals surface area (Å²) >= 11 is 0. The van der Waals surface area contributed by atoms with Gasteiger partial charge in [0.1, 0.15) is 12.2 Å². The highest BCUT2D eigenvalue weighted by Gasteiger charge is 2.60. The summed E-state index contributed by atoms with van der Waals surface area (Å²) in [7, 11) is 7.14. The fourth-order valence-corrected chi connectivity index (χ4v) is 11.6. The minimum Gasteiger partial charge on any atom is -0.458 e. The van der Waals surface area contributed by atoms with Gasteiger partial charge in [0.2, 0.25) is 0 Å². The van der Waals surface area contributed by atoms with Gasteiger partial charge in [-0.15, -0.1) is 0 Å². The van der Waals surface area contributed by atoms with Gasteiger partial charge in [-0.25, -0.2) is 4.79 Å². The Balaban J connectivity index is 1.92. The van der Waals surface area contributed by atoms with Crippen molar-refractivity contribution in [3.05, 3.63) is 0 Å². The average molecular weight is 928 g/mol. The van der Waals surface area contributed by atoms with E-state index in [0.29, 0.717) is 25.2 Å². The number of methoxy groups -OCH3 is 2. The Morgan fingerprint density at radius 2 is 1.52 bits per heavy atom. The maximum atomic E-state index is 15.0. The van der Waals surface area contributed by atoms with Crippen LogP contribution in [-0.4, -0.2) is 171 Å². The summed E-state index contributed by atoms with van der Waals surface area (Å²) in [5.41, 5.74) is -3.13. The number of likely N-dealkylation sites (N-methyl/N-ethyl adjacent to an activating group) is 1. The smallest absolute Gasteiger partial charge is 0.458 e. The second-order valence-corrected chi connectivity index (χ2v) is 20.1. The van der Waals surface area contributed by atoms with E-state index in [4.69, 9.17) is 47.4 Å². The molecule has 4 fully saturated rings. The number of rotatable bonds is 15. The topological polar surface area (TPSA) is 183 Å². The van der Waals surface area contributed by atoms with Crippen molar-refractivity contribution in [1.82, 2.24) is 9.80 Å². The highest BCUT2D eigenvalue weighted by Crippen LogP contribution is 2.47. The van der Waals surface area contributed by atoms with Gasteiger partial charge >= 0.3 is 18.1 Å². The van der Waals surface area contributed by atoms with E-state index in [2.05, 4.69) is 23.9 Å². The Kier molecular flexibility index (Phi) is 19.5. The lowest BCUT2D eigenvalue weighted by atomic mass is 9.67. The molecule has 4 heterocycles.